The molecule has 2 nitrogen and oxygen atoms in total. The number of carbonyl (C=O) groups is 1. The molecule has 2 atom stereocenters. The smallest absolute Gasteiger partial charge is 0.141 e. The third kappa shape index (κ3) is 1.84. The van der Waals surface area contributed by atoms with Crippen LogP contribution in [-0.4, -0.2) is 17.5 Å². The van der Waals surface area contributed by atoms with Gasteiger partial charge in [-0.05, 0) is 12.8 Å². The standard InChI is InChI=1S/C12H15NO/c1-9-11(7-8-12(9)14)13-10-5-3-2-4-6-10/h2-5,9-10H,6-8H2,1H3. The van der Waals surface area contributed by atoms with Crippen molar-refractivity contribution in [2.24, 2.45) is 10.9 Å². The summed E-state index contributed by atoms with van der Waals surface area (Å²) < 4.78 is 0. The lowest BCUT2D eigenvalue weighted by Gasteiger charge is -2.10. The average molecular weight is 189 g/mol. The fourth-order valence-corrected chi connectivity index (χ4v) is 1.92. The second kappa shape index (κ2) is 3.91. The molecule has 0 heterocycles. The van der Waals surface area contributed by atoms with Gasteiger partial charge in [-0.15, -0.1) is 0 Å². The van der Waals surface area contributed by atoms with Crippen LogP contribution in [0.15, 0.2) is 29.3 Å². The van der Waals surface area contributed by atoms with Gasteiger partial charge in [-0.2, -0.15) is 0 Å². The summed E-state index contributed by atoms with van der Waals surface area (Å²) in [5, 5.41) is 0. The van der Waals surface area contributed by atoms with E-state index >= 15 is 0 Å². The molecule has 2 aliphatic rings. The molecule has 14 heavy (non-hydrogen) atoms. The highest BCUT2D eigenvalue weighted by Crippen LogP contribution is 2.20. The Morgan fingerprint density at radius 3 is 2.79 bits per heavy atom. The molecular formula is C12H15NO. The first-order chi connectivity index (χ1) is 6.77. The van der Waals surface area contributed by atoms with E-state index in [9.17, 15) is 4.79 Å². The van der Waals surface area contributed by atoms with Crippen LogP contribution >= 0.6 is 0 Å². The fraction of sp³-hybridized carbons (Fsp3) is 0.500. The predicted molar refractivity (Wildman–Crippen MR) is 57.5 cm³/mol. The molecule has 0 aromatic rings. The van der Waals surface area contributed by atoms with E-state index in [4.69, 9.17) is 0 Å². The Labute approximate surface area is 84.4 Å². The molecule has 0 N–H and O–H groups in total. The SMILES string of the molecule is CC1C(=O)CCC1=NC1C=CC=CC1. The quantitative estimate of drug-likeness (QED) is 0.622. The molecule has 0 aromatic heterocycles. The number of hydrogen-bond acceptors (Lipinski definition) is 2. The van der Waals surface area contributed by atoms with E-state index in [0.29, 0.717) is 12.2 Å². The first-order valence-corrected chi connectivity index (χ1v) is 5.20. The number of aliphatic imine (C=N–C) groups is 1. The zero-order valence-electron chi connectivity index (χ0n) is 8.44. The molecule has 1 fully saturated rings. The van der Waals surface area contributed by atoms with E-state index < -0.39 is 0 Å². The largest absolute Gasteiger partial charge is 0.299 e. The summed E-state index contributed by atoms with van der Waals surface area (Å²) in [5.74, 6) is 0.411. The molecule has 0 amide bonds. The van der Waals surface area contributed by atoms with E-state index in [1.54, 1.807) is 0 Å². The van der Waals surface area contributed by atoms with Crippen LogP contribution in [0, 0.1) is 5.92 Å². The van der Waals surface area contributed by atoms with Gasteiger partial charge in [0.25, 0.3) is 0 Å². The molecule has 2 rings (SSSR count). The third-order valence-corrected chi connectivity index (χ3v) is 2.90. The van der Waals surface area contributed by atoms with Crippen LogP contribution in [0.5, 0.6) is 0 Å². The maximum absolute atomic E-state index is 11.3. The van der Waals surface area contributed by atoms with Gasteiger partial charge in [0.15, 0.2) is 0 Å². The van der Waals surface area contributed by atoms with Crippen molar-refractivity contribution in [2.75, 3.05) is 0 Å². The summed E-state index contributed by atoms with van der Waals surface area (Å²) >= 11 is 0. The van der Waals surface area contributed by atoms with Crippen molar-refractivity contribution in [3.63, 3.8) is 0 Å². The number of nitrogens with zero attached hydrogens (tertiary/aromatic N) is 1. The van der Waals surface area contributed by atoms with Crippen molar-refractivity contribution < 1.29 is 4.79 Å². The lowest BCUT2D eigenvalue weighted by Crippen LogP contribution is -2.13. The molecule has 0 aromatic carbocycles. The molecule has 74 valence electrons. The topological polar surface area (TPSA) is 29.4 Å². The highest BCUT2D eigenvalue weighted by molar-refractivity contribution is 6.10. The summed E-state index contributed by atoms with van der Waals surface area (Å²) in [6.07, 6.45) is 10.8. The van der Waals surface area contributed by atoms with Gasteiger partial charge in [0.2, 0.25) is 0 Å². The molecule has 2 unspecified atom stereocenters. The molecule has 0 spiro atoms. The minimum atomic E-state index is 0.0642. The van der Waals surface area contributed by atoms with Crippen LogP contribution in [0.3, 0.4) is 0 Å². The van der Waals surface area contributed by atoms with Crippen molar-refractivity contribution in [1.82, 2.24) is 0 Å². The molecule has 0 aliphatic heterocycles. The maximum atomic E-state index is 11.3. The van der Waals surface area contributed by atoms with Gasteiger partial charge in [0.05, 0.1) is 12.0 Å². The Kier molecular flexibility index (Phi) is 2.62. The van der Waals surface area contributed by atoms with Crippen LogP contribution in [0.25, 0.3) is 0 Å². The van der Waals surface area contributed by atoms with Gasteiger partial charge < -0.3 is 0 Å². The van der Waals surface area contributed by atoms with E-state index in [1.165, 1.54) is 0 Å². The zero-order valence-corrected chi connectivity index (χ0v) is 8.44. The van der Waals surface area contributed by atoms with Gasteiger partial charge in [0.1, 0.15) is 5.78 Å². The van der Waals surface area contributed by atoms with Crippen molar-refractivity contribution in [2.45, 2.75) is 32.2 Å². The first kappa shape index (κ1) is 9.38. The van der Waals surface area contributed by atoms with Gasteiger partial charge >= 0.3 is 0 Å². The van der Waals surface area contributed by atoms with Crippen LogP contribution in [-0.2, 0) is 4.79 Å². The van der Waals surface area contributed by atoms with Crippen LogP contribution in [0.1, 0.15) is 26.2 Å². The Hall–Kier alpha value is -1.18. The lowest BCUT2D eigenvalue weighted by atomic mass is 10.1. The highest BCUT2D eigenvalue weighted by Gasteiger charge is 2.26. The number of hydrogen-bond donors (Lipinski definition) is 0. The predicted octanol–water partition coefficient (Wildman–Crippen LogP) is 2.31. The second-order valence-electron chi connectivity index (χ2n) is 3.92. The van der Waals surface area contributed by atoms with E-state index in [2.05, 4.69) is 17.1 Å². The van der Waals surface area contributed by atoms with Gasteiger partial charge in [-0.3, -0.25) is 9.79 Å². The van der Waals surface area contributed by atoms with Crippen molar-refractivity contribution in [1.29, 1.82) is 0 Å². The Bertz CT molecular complexity index is 325. The summed E-state index contributed by atoms with van der Waals surface area (Å²) in [6.45, 7) is 1.97. The van der Waals surface area contributed by atoms with Crippen molar-refractivity contribution >= 4 is 11.5 Å². The first-order valence-electron chi connectivity index (χ1n) is 5.20. The summed E-state index contributed by atoms with van der Waals surface area (Å²) in [6, 6.07) is 0.267. The molecule has 1 saturated carbocycles. The number of ketones is 1. The number of carbonyl (C=O) groups excluding carboxylic acids is 1. The van der Waals surface area contributed by atoms with Gasteiger partial charge in [-0.1, -0.05) is 31.2 Å². The summed E-state index contributed by atoms with van der Waals surface area (Å²) in [5.41, 5.74) is 1.10. The molecule has 0 saturated heterocycles. The Morgan fingerprint density at radius 2 is 2.21 bits per heavy atom. The molecule has 0 bridgehead atoms. The van der Waals surface area contributed by atoms with E-state index in [-0.39, 0.29) is 12.0 Å². The normalized spacial score (nSPS) is 34.4. The lowest BCUT2D eigenvalue weighted by molar-refractivity contribution is -0.119. The Morgan fingerprint density at radius 1 is 1.36 bits per heavy atom. The Balaban J connectivity index is 2.07. The number of rotatable bonds is 1. The average Bonchev–Trinajstić information content (AvgIpc) is 2.52. The van der Waals surface area contributed by atoms with E-state index in [1.807, 2.05) is 19.1 Å². The van der Waals surface area contributed by atoms with Gasteiger partial charge in [0, 0.05) is 12.1 Å². The number of allylic oxidation sites excluding steroid dienone is 2. The summed E-state index contributed by atoms with van der Waals surface area (Å²) in [7, 11) is 0. The molecule has 2 aliphatic carbocycles. The third-order valence-electron chi connectivity index (χ3n) is 2.90. The molecular weight excluding hydrogens is 174 g/mol. The van der Waals surface area contributed by atoms with E-state index in [0.717, 1.165) is 18.6 Å². The maximum Gasteiger partial charge on any atom is 0.141 e. The monoisotopic (exact) mass is 189 g/mol. The molecule has 0 radical (unpaired) electrons. The zero-order chi connectivity index (χ0) is 9.97. The second-order valence-corrected chi connectivity index (χ2v) is 3.92. The van der Waals surface area contributed by atoms with Crippen LogP contribution < -0.4 is 0 Å². The van der Waals surface area contributed by atoms with Crippen molar-refractivity contribution in [3.8, 4) is 0 Å². The fourth-order valence-electron chi connectivity index (χ4n) is 1.92. The minimum absolute atomic E-state index is 0.0642. The highest BCUT2D eigenvalue weighted by atomic mass is 16.1. The minimum Gasteiger partial charge on any atom is -0.299 e. The number of Topliss-reactive ketones (excluding diaryl/α,β-unsaturated/α-hetero) is 1. The summed E-state index contributed by atoms with van der Waals surface area (Å²) in [4.78, 5) is 15.9. The van der Waals surface area contributed by atoms with Crippen LogP contribution in [0.4, 0.5) is 0 Å². The molecule has 2 heteroatoms. The van der Waals surface area contributed by atoms with Crippen molar-refractivity contribution in [3.05, 3.63) is 24.3 Å². The van der Waals surface area contributed by atoms with Gasteiger partial charge in [-0.25, -0.2) is 0 Å². The van der Waals surface area contributed by atoms with Crippen LogP contribution in [0.2, 0.25) is 0 Å².